The molecule has 5 heteroatoms. The summed E-state index contributed by atoms with van der Waals surface area (Å²) in [5.41, 5.74) is -0.977. The van der Waals surface area contributed by atoms with Gasteiger partial charge in [0.25, 0.3) is 0 Å². The van der Waals surface area contributed by atoms with E-state index in [-0.39, 0.29) is 5.71 Å². The lowest BCUT2D eigenvalue weighted by Crippen LogP contribution is -2.48. The second-order valence-electron chi connectivity index (χ2n) is 2.25. The number of aliphatic imine (C=N–C) groups is 1. The fraction of sp³-hybridized carbons (Fsp3) is 0.429. The van der Waals surface area contributed by atoms with E-state index >= 15 is 0 Å². The maximum absolute atomic E-state index is 10.1. The maximum atomic E-state index is 10.1. The Balaban J connectivity index is 4.87. The highest BCUT2D eigenvalue weighted by Gasteiger charge is 2.27. The van der Waals surface area contributed by atoms with Gasteiger partial charge in [0.15, 0.2) is 5.54 Å². The Bertz CT molecular complexity index is 253. The second-order valence-corrected chi connectivity index (χ2v) is 2.25. The highest BCUT2D eigenvalue weighted by Crippen LogP contribution is 2.02. The number of amides is 1. The summed E-state index contributed by atoms with van der Waals surface area (Å²) in [6, 6.07) is 1.86. The lowest BCUT2D eigenvalue weighted by atomic mass is 9.98. The SMILES string of the molecule is CN=C(C=N)C(C)(C#N)NC=O. The van der Waals surface area contributed by atoms with Crippen molar-refractivity contribution >= 4 is 18.3 Å². The Morgan fingerprint density at radius 1 is 1.83 bits per heavy atom. The molecule has 0 aliphatic carbocycles. The zero-order valence-electron chi connectivity index (χ0n) is 6.96. The Hall–Kier alpha value is -1.70. The lowest BCUT2D eigenvalue weighted by molar-refractivity contribution is -0.110. The summed E-state index contributed by atoms with van der Waals surface area (Å²) >= 11 is 0. The Morgan fingerprint density at radius 3 is 2.67 bits per heavy atom. The molecular weight excluding hydrogens is 156 g/mol. The molecule has 0 aromatic carbocycles. The molecule has 0 aromatic heterocycles. The highest BCUT2D eigenvalue weighted by molar-refractivity contribution is 6.34. The largest absolute Gasteiger partial charge is 0.336 e. The molecule has 0 radical (unpaired) electrons. The van der Waals surface area contributed by atoms with Crippen LogP contribution >= 0.6 is 0 Å². The quantitative estimate of drug-likeness (QED) is 0.445. The molecule has 2 N–H and O–H groups in total. The normalized spacial score (nSPS) is 15.6. The summed E-state index contributed by atoms with van der Waals surface area (Å²) in [6.45, 7) is 1.48. The van der Waals surface area contributed by atoms with Crippen LogP contribution in [0.2, 0.25) is 0 Å². The van der Waals surface area contributed by atoms with Crippen molar-refractivity contribution in [3.63, 3.8) is 0 Å². The lowest BCUT2D eigenvalue weighted by Gasteiger charge is -2.19. The fourth-order valence-electron chi connectivity index (χ4n) is 0.714. The van der Waals surface area contributed by atoms with Crippen LogP contribution in [0.3, 0.4) is 0 Å². The van der Waals surface area contributed by atoms with E-state index in [0.29, 0.717) is 6.41 Å². The molecule has 64 valence electrons. The first-order chi connectivity index (χ1) is 5.64. The molecule has 1 unspecified atom stereocenters. The van der Waals surface area contributed by atoms with Crippen LogP contribution in [-0.4, -0.2) is 30.9 Å². The number of hydrogen-bond donors (Lipinski definition) is 2. The third kappa shape index (κ3) is 1.89. The predicted octanol–water partition coefficient (Wildman–Crippen LogP) is -0.265. The summed E-state index contributed by atoms with van der Waals surface area (Å²) in [6.07, 6.45) is 1.36. The van der Waals surface area contributed by atoms with Gasteiger partial charge in [0.2, 0.25) is 6.41 Å². The topological polar surface area (TPSA) is 89.1 Å². The van der Waals surface area contributed by atoms with Gasteiger partial charge in [0, 0.05) is 13.3 Å². The number of nitrogens with one attached hydrogen (secondary N) is 2. The minimum absolute atomic E-state index is 0.220. The summed E-state index contributed by atoms with van der Waals surface area (Å²) in [4.78, 5) is 13.8. The van der Waals surface area contributed by atoms with Crippen LogP contribution in [0, 0.1) is 16.7 Å². The van der Waals surface area contributed by atoms with Crippen molar-refractivity contribution in [2.45, 2.75) is 12.5 Å². The van der Waals surface area contributed by atoms with Crippen molar-refractivity contribution in [1.82, 2.24) is 5.32 Å². The van der Waals surface area contributed by atoms with Crippen LogP contribution in [0.1, 0.15) is 6.92 Å². The number of rotatable bonds is 4. The first kappa shape index (κ1) is 10.3. The van der Waals surface area contributed by atoms with Gasteiger partial charge in [-0.15, -0.1) is 0 Å². The van der Waals surface area contributed by atoms with E-state index in [2.05, 4.69) is 10.3 Å². The molecule has 0 bridgehead atoms. The van der Waals surface area contributed by atoms with Crippen molar-refractivity contribution in [2.24, 2.45) is 4.99 Å². The molecule has 0 aromatic rings. The van der Waals surface area contributed by atoms with Crippen molar-refractivity contribution in [3.05, 3.63) is 0 Å². The summed E-state index contributed by atoms with van der Waals surface area (Å²) < 4.78 is 0. The van der Waals surface area contributed by atoms with Crippen LogP contribution in [-0.2, 0) is 4.79 Å². The zero-order valence-corrected chi connectivity index (χ0v) is 6.96. The van der Waals surface area contributed by atoms with E-state index < -0.39 is 5.54 Å². The van der Waals surface area contributed by atoms with Crippen LogP contribution < -0.4 is 5.32 Å². The predicted molar refractivity (Wildman–Crippen MR) is 45.4 cm³/mol. The molecule has 0 aliphatic rings. The Morgan fingerprint density at radius 2 is 2.42 bits per heavy atom. The third-order valence-corrected chi connectivity index (χ3v) is 1.46. The first-order valence-electron chi connectivity index (χ1n) is 3.25. The van der Waals surface area contributed by atoms with E-state index in [0.717, 1.165) is 6.21 Å². The van der Waals surface area contributed by atoms with Crippen molar-refractivity contribution < 1.29 is 4.79 Å². The molecule has 1 amide bonds. The monoisotopic (exact) mass is 166 g/mol. The van der Waals surface area contributed by atoms with E-state index in [1.165, 1.54) is 14.0 Å². The van der Waals surface area contributed by atoms with Crippen molar-refractivity contribution in [2.75, 3.05) is 7.05 Å². The molecule has 0 rings (SSSR count). The van der Waals surface area contributed by atoms with Gasteiger partial charge in [-0.1, -0.05) is 0 Å². The summed E-state index contributed by atoms with van der Waals surface area (Å²) in [5.74, 6) is 0. The molecule has 0 saturated carbocycles. The van der Waals surface area contributed by atoms with Crippen LogP contribution in [0.25, 0.3) is 0 Å². The number of hydrogen-bond acceptors (Lipinski definition) is 4. The number of carbonyl (C=O) groups is 1. The van der Waals surface area contributed by atoms with Crippen LogP contribution in [0.4, 0.5) is 0 Å². The van der Waals surface area contributed by atoms with Gasteiger partial charge in [-0.05, 0) is 6.92 Å². The number of nitriles is 1. The summed E-state index contributed by atoms with van der Waals surface area (Å²) in [5, 5.41) is 17.9. The minimum atomic E-state index is -1.20. The smallest absolute Gasteiger partial charge is 0.208 e. The van der Waals surface area contributed by atoms with Crippen molar-refractivity contribution in [1.29, 1.82) is 10.7 Å². The van der Waals surface area contributed by atoms with Gasteiger partial charge in [-0.2, -0.15) is 5.26 Å². The average Bonchev–Trinajstić information content (AvgIpc) is 2.07. The van der Waals surface area contributed by atoms with E-state index in [1.807, 2.05) is 6.07 Å². The van der Waals surface area contributed by atoms with Gasteiger partial charge < -0.3 is 10.7 Å². The zero-order chi connectivity index (χ0) is 9.61. The van der Waals surface area contributed by atoms with Crippen LogP contribution in [0.15, 0.2) is 4.99 Å². The highest BCUT2D eigenvalue weighted by atomic mass is 16.1. The van der Waals surface area contributed by atoms with Gasteiger partial charge in [0.1, 0.15) is 0 Å². The number of carbonyl (C=O) groups excluding carboxylic acids is 1. The Kier molecular flexibility index (Phi) is 3.63. The Labute approximate surface area is 70.6 Å². The molecule has 0 aliphatic heterocycles. The standard InChI is InChI=1S/C7H10N4O/c1-7(4-9,11-5-12)6(3-8)10-2/h3,5,8H,1-2H3,(H,11,12). The second kappa shape index (κ2) is 4.23. The van der Waals surface area contributed by atoms with Gasteiger partial charge in [-0.3, -0.25) is 9.79 Å². The first-order valence-corrected chi connectivity index (χ1v) is 3.25. The van der Waals surface area contributed by atoms with E-state index in [1.54, 1.807) is 0 Å². The molecule has 0 spiro atoms. The molecule has 5 nitrogen and oxygen atoms in total. The van der Waals surface area contributed by atoms with E-state index in [4.69, 9.17) is 10.7 Å². The van der Waals surface area contributed by atoms with Gasteiger partial charge in [0.05, 0.1) is 11.8 Å². The fourth-order valence-corrected chi connectivity index (χ4v) is 0.714. The molecule has 0 saturated heterocycles. The van der Waals surface area contributed by atoms with Gasteiger partial charge in [-0.25, -0.2) is 0 Å². The van der Waals surface area contributed by atoms with Crippen LogP contribution in [0.5, 0.6) is 0 Å². The van der Waals surface area contributed by atoms with Gasteiger partial charge >= 0.3 is 0 Å². The summed E-state index contributed by atoms with van der Waals surface area (Å²) in [7, 11) is 1.46. The molecule has 12 heavy (non-hydrogen) atoms. The molecule has 0 fully saturated rings. The molecular formula is C7H10N4O. The maximum Gasteiger partial charge on any atom is 0.208 e. The minimum Gasteiger partial charge on any atom is -0.336 e. The molecule has 0 heterocycles. The average molecular weight is 166 g/mol. The number of nitrogens with zero attached hydrogens (tertiary/aromatic N) is 2. The molecule has 1 atom stereocenters. The third-order valence-electron chi connectivity index (χ3n) is 1.46. The van der Waals surface area contributed by atoms with Crippen molar-refractivity contribution in [3.8, 4) is 6.07 Å². The van der Waals surface area contributed by atoms with E-state index in [9.17, 15) is 4.79 Å².